The van der Waals surface area contributed by atoms with Crippen molar-refractivity contribution < 1.29 is 0 Å². The summed E-state index contributed by atoms with van der Waals surface area (Å²) in [5.41, 5.74) is 7.64. The molecule has 0 unspecified atom stereocenters. The van der Waals surface area contributed by atoms with Crippen molar-refractivity contribution in [3.63, 3.8) is 0 Å². The van der Waals surface area contributed by atoms with Gasteiger partial charge in [-0.05, 0) is 30.3 Å². The van der Waals surface area contributed by atoms with Gasteiger partial charge in [-0.2, -0.15) is 0 Å². The van der Waals surface area contributed by atoms with Crippen LogP contribution in [0.5, 0.6) is 0 Å². The summed E-state index contributed by atoms with van der Waals surface area (Å²) in [6, 6.07) is 36.7. The molecule has 0 aliphatic carbocycles. The summed E-state index contributed by atoms with van der Waals surface area (Å²) in [5.74, 6) is 0.586. The molecular weight excluding hydrogens is 492 g/mol. The van der Waals surface area contributed by atoms with Gasteiger partial charge in [0.25, 0.3) is 0 Å². The molecule has 3 aromatic carbocycles. The van der Waals surface area contributed by atoms with Gasteiger partial charge in [-0.25, -0.2) is 29.9 Å². The summed E-state index contributed by atoms with van der Waals surface area (Å²) in [4.78, 5) is 28.9. The quantitative estimate of drug-likeness (QED) is 0.226. The zero-order valence-corrected chi connectivity index (χ0v) is 21.2. The molecule has 186 valence electrons. The average Bonchev–Trinajstić information content (AvgIpc) is 3.04. The summed E-state index contributed by atoms with van der Waals surface area (Å²) >= 11 is 0. The molecule has 0 atom stereocenters. The van der Waals surface area contributed by atoms with Crippen LogP contribution in [0, 0.1) is 0 Å². The highest BCUT2D eigenvalue weighted by Gasteiger charge is 2.12. The van der Waals surface area contributed by atoms with E-state index in [0.29, 0.717) is 11.5 Å². The Morgan fingerprint density at radius 1 is 0.325 bits per heavy atom. The largest absolute Gasteiger partial charge is 0.245 e. The maximum Gasteiger partial charge on any atom is 0.178 e. The molecule has 0 spiro atoms. The fraction of sp³-hybridized carbons (Fsp3) is 0. The highest BCUT2D eigenvalue weighted by molar-refractivity contribution is 6.05. The highest BCUT2D eigenvalue weighted by Crippen LogP contribution is 2.30. The van der Waals surface area contributed by atoms with E-state index in [1.54, 1.807) is 18.5 Å². The Morgan fingerprint density at radius 2 is 0.725 bits per heavy atom. The molecule has 6 heteroatoms. The lowest BCUT2D eigenvalue weighted by Crippen LogP contribution is -1.95. The highest BCUT2D eigenvalue weighted by atomic mass is 14.9. The van der Waals surface area contributed by atoms with Gasteiger partial charge in [-0.15, -0.1) is 0 Å². The van der Waals surface area contributed by atoms with E-state index >= 15 is 0 Å². The van der Waals surface area contributed by atoms with Crippen LogP contribution in [0.15, 0.2) is 122 Å². The smallest absolute Gasteiger partial charge is 0.178 e. The minimum Gasteiger partial charge on any atom is -0.245 e. The molecular formula is C34H20N6. The van der Waals surface area contributed by atoms with Crippen molar-refractivity contribution in [3.8, 4) is 34.2 Å². The van der Waals surface area contributed by atoms with Crippen molar-refractivity contribution in [2.24, 2.45) is 0 Å². The lowest BCUT2D eigenvalue weighted by atomic mass is 10.1. The number of rotatable bonds is 3. The van der Waals surface area contributed by atoms with Crippen LogP contribution < -0.4 is 0 Å². The number of aromatic nitrogens is 6. The summed E-state index contributed by atoms with van der Waals surface area (Å²) in [6.07, 6.45) is 3.45. The second-order valence-electron chi connectivity index (χ2n) is 9.64. The molecule has 0 saturated carbocycles. The fourth-order valence-corrected chi connectivity index (χ4v) is 5.15. The average molecular weight is 513 g/mol. The second-order valence-corrected chi connectivity index (χ2v) is 9.64. The van der Waals surface area contributed by atoms with E-state index < -0.39 is 0 Å². The van der Waals surface area contributed by atoms with Crippen molar-refractivity contribution in [2.45, 2.75) is 0 Å². The monoisotopic (exact) mass is 512 g/mol. The molecule has 0 fully saturated rings. The minimum atomic E-state index is 0.586. The number of hydrogen-bond donors (Lipinski definition) is 0. The Hall–Kier alpha value is -5.62. The van der Waals surface area contributed by atoms with Crippen LogP contribution in [-0.4, -0.2) is 29.9 Å². The Morgan fingerprint density at radius 3 is 1.25 bits per heavy atom. The van der Waals surface area contributed by atoms with Gasteiger partial charge >= 0.3 is 0 Å². The van der Waals surface area contributed by atoms with Crippen molar-refractivity contribution in [3.05, 3.63) is 122 Å². The molecule has 0 N–H and O–H groups in total. The molecule has 0 bridgehead atoms. The lowest BCUT2D eigenvalue weighted by molar-refractivity contribution is 1.15. The van der Waals surface area contributed by atoms with Gasteiger partial charge in [0.2, 0.25) is 0 Å². The summed E-state index contributed by atoms with van der Waals surface area (Å²) in [6.45, 7) is 0. The minimum absolute atomic E-state index is 0.586. The molecule has 0 radical (unpaired) electrons. The number of pyridine rings is 4. The lowest BCUT2D eigenvalue weighted by Gasteiger charge is -2.09. The van der Waals surface area contributed by atoms with Crippen LogP contribution in [0.1, 0.15) is 0 Å². The number of benzene rings is 3. The van der Waals surface area contributed by atoms with Crippen molar-refractivity contribution in [1.29, 1.82) is 0 Å². The normalized spacial score (nSPS) is 11.5. The van der Waals surface area contributed by atoms with E-state index in [9.17, 15) is 0 Å². The Balaban J connectivity index is 1.31. The van der Waals surface area contributed by atoms with Gasteiger partial charge in [0.15, 0.2) is 5.82 Å². The van der Waals surface area contributed by atoms with Gasteiger partial charge in [0.1, 0.15) is 5.69 Å². The van der Waals surface area contributed by atoms with Crippen LogP contribution in [0.25, 0.3) is 77.8 Å². The van der Waals surface area contributed by atoms with E-state index in [1.165, 1.54) is 0 Å². The molecule has 5 aromatic heterocycles. The Bertz CT molecular complexity index is 2050. The third-order valence-corrected chi connectivity index (χ3v) is 7.17. The van der Waals surface area contributed by atoms with Crippen LogP contribution in [-0.2, 0) is 0 Å². The molecule has 40 heavy (non-hydrogen) atoms. The molecule has 8 rings (SSSR count). The van der Waals surface area contributed by atoms with Gasteiger partial charge in [0, 0.05) is 39.5 Å². The maximum atomic E-state index is 5.10. The first-order chi connectivity index (χ1) is 19.8. The fourth-order valence-electron chi connectivity index (χ4n) is 5.15. The predicted molar refractivity (Wildman–Crippen MR) is 160 cm³/mol. The van der Waals surface area contributed by atoms with E-state index in [0.717, 1.165) is 66.3 Å². The van der Waals surface area contributed by atoms with Crippen LogP contribution >= 0.6 is 0 Å². The Labute approximate surface area is 229 Å². The topological polar surface area (TPSA) is 77.3 Å². The summed E-state index contributed by atoms with van der Waals surface area (Å²) in [5, 5.41) is 4.10. The molecule has 0 saturated heterocycles. The maximum absolute atomic E-state index is 5.10. The van der Waals surface area contributed by atoms with E-state index in [2.05, 4.69) is 70.6 Å². The zero-order valence-electron chi connectivity index (χ0n) is 21.2. The van der Waals surface area contributed by atoms with Crippen molar-refractivity contribution in [1.82, 2.24) is 29.9 Å². The molecule has 6 nitrogen and oxygen atoms in total. The standard InChI is InChI=1S/C34H20N6/c1-2-5-21(6-3-1)26-15-11-22-7-8-23-12-16-27(38-31(23)30(22)37-26)28-17-13-24-9-10-25-14-18-29(34-35-19-4-20-36-34)40-33(25)32(24)39-28/h1-20H. The van der Waals surface area contributed by atoms with E-state index in [-0.39, 0.29) is 0 Å². The SMILES string of the molecule is c1ccc(-c2ccc3ccc4ccc(-c5ccc6ccc7ccc(-c8ncccn8)nc7c6n5)nc4c3n2)cc1. The van der Waals surface area contributed by atoms with E-state index in [1.807, 2.05) is 42.5 Å². The predicted octanol–water partition coefficient (Wildman–Crippen LogP) is 7.67. The molecule has 0 aliphatic rings. The van der Waals surface area contributed by atoms with Gasteiger partial charge < -0.3 is 0 Å². The molecule has 0 aliphatic heterocycles. The van der Waals surface area contributed by atoms with Crippen molar-refractivity contribution >= 4 is 43.6 Å². The van der Waals surface area contributed by atoms with Crippen molar-refractivity contribution in [2.75, 3.05) is 0 Å². The summed E-state index contributed by atoms with van der Waals surface area (Å²) in [7, 11) is 0. The number of hydrogen-bond acceptors (Lipinski definition) is 6. The first-order valence-electron chi connectivity index (χ1n) is 13.0. The first kappa shape index (κ1) is 22.4. The van der Waals surface area contributed by atoms with E-state index in [4.69, 9.17) is 19.9 Å². The third-order valence-electron chi connectivity index (χ3n) is 7.17. The molecule has 0 amide bonds. The van der Waals surface area contributed by atoms with Gasteiger partial charge in [-0.3, -0.25) is 0 Å². The van der Waals surface area contributed by atoms with Gasteiger partial charge in [-0.1, -0.05) is 78.9 Å². The first-order valence-corrected chi connectivity index (χ1v) is 13.0. The Kier molecular flexibility index (Phi) is 5.03. The van der Waals surface area contributed by atoms with Crippen LogP contribution in [0.3, 0.4) is 0 Å². The molecule has 5 heterocycles. The van der Waals surface area contributed by atoms with Gasteiger partial charge in [0.05, 0.1) is 39.1 Å². The summed E-state index contributed by atoms with van der Waals surface area (Å²) < 4.78 is 0. The number of nitrogens with zero attached hydrogens (tertiary/aromatic N) is 6. The zero-order chi connectivity index (χ0) is 26.5. The second kappa shape index (κ2) is 8.99. The number of fused-ring (bicyclic) bond motifs is 6. The van der Waals surface area contributed by atoms with Crippen LogP contribution in [0.4, 0.5) is 0 Å². The van der Waals surface area contributed by atoms with Crippen LogP contribution in [0.2, 0.25) is 0 Å². The third kappa shape index (κ3) is 3.74. The molecule has 8 aromatic rings.